The van der Waals surface area contributed by atoms with Gasteiger partial charge < -0.3 is 10.2 Å². The third kappa shape index (κ3) is 3.46. The molecule has 21 heavy (non-hydrogen) atoms. The molecule has 0 saturated carbocycles. The molecule has 110 valence electrons. The van der Waals surface area contributed by atoms with E-state index in [9.17, 15) is 10.1 Å². The summed E-state index contributed by atoms with van der Waals surface area (Å²) in [5.41, 5.74) is 5.41. The maximum absolute atomic E-state index is 11.0. The highest BCUT2D eigenvalue weighted by atomic mass is 16.6. The average Bonchev–Trinajstić information content (AvgIpc) is 2.46. The number of hydrazine groups is 1. The highest BCUT2D eigenvalue weighted by molar-refractivity contribution is 5.49. The number of hydrogen-bond acceptors (Lipinski definition) is 6. The van der Waals surface area contributed by atoms with Crippen LogP contribution in [0.25, 0.3) is 0 Å². The van der Waals surface area contributed by atoms with E-state index in [1.54, 1.807) is 31.3 Å². The molecule has 0 aliphatic carbocycles. The van der Waals surface area contributed by atoms with Gasteiger partial charge in [-0.3, -0.25) is 20.9 Å². The summed E-state index contributed by atoms with van der Waals surface area (Å²) in [6.07, 6.45) is 1.61. The van der Waals surface area contributed by atoms with E-state index in [1.807, 2.05) is 6.92 Å². The van der Waals surface area contributed by atoms with Crippen molar-refractivity contribution in [2.45, 2.75) is 20.5 Å². The van der Waals surface area contributed by atoms with Crippen LogP contribution < -0.4 is 16.0 Å². The van der Waals surface area contributed by atoms with Crippen LogP contribution >= 0.6 is 0 Å². The number of anilines is 1. The molecule has 0 aliphatic heterocycles. The van der Waals surface area contributed by atoms with Gasteiger partial charge in [-0.2, -0.15) is 0 Å². The number of nitro groups is 1. The van der Waals surface area contributed by atoms with Crippen molar-refractivity contribution < 1.29 is 9.66 Å². The molecular formula is C14H16N4O3. The Balaban J connectivity index is 2.19. The van der Waals surface area contributed by atoms with E-state index in [4.69, 9.17) is 10.6 Å². The number of nitrogens with zero attached hydrogens (tertiary/aromatic N) is 2. The Bertz CT molecular complexity index is 673. The van der Waals surface area contributed by atoms with Gasteiger partial charge in [0.25, 0.3) is 5.69 Å². The minimum absolute atomic E-state index is 0.0425. The van der Waals surface area contributed by atoms with Crippen LogP contribution in [0.3, 0.4) is 0 Å². The van der Waals surface area contributed by atoms with Crippen molar-refractivity contribution >= 4 is 11.4 Å². The van der Waals surface area contributed by atoms with Gasteiger partial charge in [0.1, 0.15) is 12.4 Å². The van der Waals surface area contributed by atoms with Gasteiger partial charge in [-0.1, -0.05) is 0 Å². The Morgan fingerprint density at radius 1 is 1.33 bits per heavy atom. The quantitative estimate of drug-likeness (QED) is 0.497. The monoisotopic (exact) mass is 288 g/mol. The van der Waals surface area contributed by atoms with E-state index >= 15 is 0 Å². The molecule has 0 saturated heterocycles. The highest BCUT2D eigenvalue weighted by Crippen LogP contribution is 2.28. The van der Waals surface area contributed by atoms with Crippen molar-refractivity contribution in [3.05, 3.63) is 57.4 Å². The molecule has 0 bridgehead atoms. The van der Waals surface area contributed by atoms with E-state index in [-0.39, 0.29) is 12.3 Å². The van der Waals surface area contributed by atoms with Crippen molar-refractivity contribution in [1.82, 2.24) is 4.98 Å². The van der Waals surface area contributed by atoms with Gasteiger partial charge >= 0.3 is 0 Å². The fourth-order valence-corrected chi connectivity index (χ4v) is 1.97. The summed E-state index contributed by atoms with van der Waals surface area (Å²) in [5, 5.41) is 11.0. The van der Waals surface area contributed by atoms with Gasteiger partial charge in [0.2, 0.25) is 0 Å². The largest absolute Gasteiger partial charge is 0.487 e. The summed E-state index contributed by atoms with van der Waals surface area (Å²) in [4.78, 5) is 14.7. The van der Waals surface area contributed by atoms with E-state index in [2.05, 4.69) is 10.4 Å². The molecule has 2 aromatic rings. The van der Waals surface area contributed by atoms with Crippen LogP contribution in [0.1, 0.15) is 16.8 Å². The zero-order valence-corrected chi connectivity index (χ0v) is 11.8. The van der Waals surface area contributed by atoms with Gasteiger partial charge in [0, 0.05) is 11.8 Å². The zero-order valence-electron chi connectivity index (χ0n) is 11.8. The summed E-state index contributed by atoms with van der Waals surface area (Å²) in [6, 6.07) is 6.65. The maximum Gasteiger partial charge on any atom is 0.276 e. The van der Waals surface area contributed by atoms with Crippen molar-refractivity contribution in [3.63, 3.8) is 0 Å². The number of aryl methyl sites for hydroxylation is 2. The number of aromatic nitrogens is 1. The maximum atomic E-state index is 11.0. The van der Waals surface area contributed by atoms with Crippen LogP contribution in [0.5, 0.6) is 5.75 Å². The Labute approximate surface area is 121 Å². The smallest absolute Gasteiger partial charge is 0.276 e. The second-order valence-electron chi connectivity index (χ2n) is 4.63. The molecule has 0 atom stereocenters. The van der Waals surface area contributed by atoms with E-state index < -0.39 is 4.92 Å². The lowest BCUT2D eigenvalue weighted by Crippen LogP contribution is -2.08. The molecule has 0 spiro atoms. The molecule has 2 rings (SSSR count). The van der Waals surface area contributed by atoms with Crippen LogP contribution in [0.15, 0.2) is 30.5 Å². The minimum atomic E-state index is -0.418. The fraction of sp³-hybridized carbons (Fsp3) is 0.214. The predicted molar refractivity (Wildman–Crippen MR) is 78.9 cm³/mol. The first-order valence-corrected chi connectivity index (χ1v) is 6.31. The summed E-state index contributed by atoms with van der Waals surface area (Å²) >= 11 is 0. The van der Waals surface area contributed by atoms with Crippen LogP contribution in [0.4, 0.5) is 11.4 Å². The Morgan fingerprint density at radius 2 is 2.10 bits per heavy atom. The third-order valence-electron chi connectivity index (χ3n) is 3.05. The Morgan fingerprint density at radius 3 is 2.76 bits per heavy atom. The van der Waals surface area contributed by atoms with Crippen molar-refractivity contribution in [2.24, 2.45) is 5.84 Å². The van der Waals surface area contributed by atoms with Crippen molar-refractivity contribution in [1.29, 1.82) is 0 Å². The molecule has 7 heteroatoms. The van der Waals surface area contributed by atoms with Gasteiger partial charge in [0.15, 0.2) is 0 Å². The first-order valence-electron chi connectivity index (χ1n) is 6.31. The number of pyridine rings is 1. The van der Waals surface area contributed by atoms with Crippen LogP contribution in [0.2, 0.25) is 0 Å². The highest BCUT2D eigenvalue weighted by Gasteiger charge is 2.14. The standard InChI is InChI=1S/C14H16N4O3/c1-9-5-10(2)14(7-13(9)18(19)20)21-8-12-6-11(17-15)3-4-16-12/h3-7H,8,15H2,1-2H3,(H,16,17). The lowest BCUT2D eigenvalue weighted by atomic mass is 10.1. The Kier molecular flexibility index (Phi) is 4.34. The number of hydrogen-bond donors (Lipinski definition) is 2. The third-order valence-corrected chi connectivity index (χ3v) is 3.05. The van der Waals surface area contributed by atoms with E-state index in [0.29, 0.717) is 17.0 Å². The molecule has 7 nitrogen and oxygen atoms in total. The molecule has 1 heterocycles. The van der Waals surface area contributed by atoms with Gasteiger partial charge in [0.05, 0.1) is 22.4 Å². The van der Waals surface area contributed by atoms with E-state index in [0.717, 1.165) is 11.3 Å². The first-order chi connectivity index (χ1) is 10.0. The Hall–Kier alpha value is -2.67. The molecule has 0 unspecified atom stereocenters. The van der Waals surface area contributed by atoms with Crippen LogP contribution in [-0.2, 0) is 6.61 Å². The van der Waals surface area contributed by atoms with Gasteiger partial charge in [-0.25, -0.2) is 0 Å². The number of nitro benzene ring substituents is 1. The zero-order chi connectivity index (χ0) is 15.4. The summed E-state index contributed by atoms with van der Waals surface area (Å²) in [5.74, 6) is 5.80. The number of benzene rings is 1. The topological polar surface area (TPSA) is 103 Å². The van der Waals surface area contributed by atoms with Gasteiger partial charge in [-0.15, -0.1) is 0 Å². The van der Waals surface area contributed by atoms with Crippen molar-refractivity contribution in [3.8, 4) is 5.75 Å². The second kappa shape index (κ2) is 6.19. The second-order valence-corrected chi connectivity index (χ2v) is 4.63. The molecular weight excluding hydrogens is 272 g/mol. The predicted octanol–water partition coefficient (Wildman–Crippen LogP) is 2.47. The number of rotatable bonds is 5. The molecule has 1 aromatic heterocycles. The number of nitrogens with two attached hydrogens (primary N) is 1. The minimum Gasteiger partial charge on any atom is -0.487 e. The summed E-state index contributed by atoms with van der Waals surface area (Å²) in [7, 11) is 0. The van der Waals surface area contributed by atoms with Crippen molar-refractivity contribution in [2.75, 3.05) is 5.43 Å². The molecule has 0 amide bonds. The van der Waals surface area contributed by atoms with Crippen LogP contribution in [0, 0.1) is 24.0 Å². The molecule has 1 aromatic carbocycles. The lowest BCUT2D eigenvalue weighted by molar-refractivity contribution is -0.385. The first kappa shape index (κ1) is 14.7. The summed E-state index contributed by atoms with van der Waals surface area (Å²) < 4.78 is 5.63. The average molecular weight is 288 g/mol. The molecule has 0 fully saturated rings. The molecule has 3 N–H and O–H groups in total. The summed E-state index contributed by atoms with van der Waals surface area (Å²) in [6.45, 7) is 3.75. The number of ether oxygens (including phenoxy) is 1. The fourth-order valence-electron chi connectivity index (χ4n) is 1.97. The normalized spacial score (nSPS) is 10.2. The van der Waals surface area contributed by atoms with Crippen LogP contribution in [-0.4, -0.2) is 9.91 Å². The lowest BCUT2D eigenvalue weighted by Gasteiger charge is -2.10. The van der Waals surface area contributed by atoms with Gasteiger partial charge in [-0.05, 0) is 37.6 Å². The molecule has 0 radical (unpaired) electrons. The van der Waals surface area contributed by atoms with E-state index in [1.165, 1.54) is 6.07 Å². The molecule has 0 aliphatic rings. The SMILES string of the molecule is Cc1cc(C)c([N+](=O)[O-])cc1OCc1cc(NN)ccn1. The number of nitrogens with one attached hydrogen (secondary N) is 1. The number of nitrogen functional groups attached to an aromatic ring is 1.